The van der Waals surface area contributed by atoms with Gasteiger partial charge < -0.3 is 4.90 Å². The maximum Gasteiger partial charge on any atom is 0.0540 e. The van der Waals surface area contributed by atoms with E-state index >= 15 is 0 Å². The van der Waals surface area contributed by atoms with Crippen LogP contribution < -0.4 is 4.90 Å². The van der Waals surface area contributed by atoms with Crippen LogP contribution in [-0.2, 0) is 0 Å². The second-order valence-corrected chi connectivity index (χ2v) is 15.7. The maximum atomic E-state index is 2.41. The molecule has 0 N–H and O–H groups in total. The standard InChI is InChI=1S/C60H41N/c1-3-15-42(16-4-1)44-31-35-50(36-32-44)61(59-40-39-57(56-26-9-10-27-58(56)59)55-30-12-20-45-19-7-8-25-52(45)55)51-37-33-46(34-38-51)53-28-13-21-47-22-14-29-54(60(47)53)49-24-11-23-48(41-49)43-17-5-2-6-18-43/h1-41H. The zero-order valence-corrected chi connectivity index (χ0v) is 33.6. The van der Waals surface area contributed by atoms with Crippen LogP contribution in [0, 0.1) is 0 Å². The Labute approximate surface area is 357 Å². The van der Waals surface area contributed by atoms with Crippen molar-refractivity contribution in [3.8, 4) is 55.6 Å². The highest BCUT2D eigenvalue weighted by Crippen LogP contribution is 2.45. The monoisotopic (exact) mass is 775 g/mol. The van der Waals surface area contributed by atoms with Crippen LogP contribution >= 0.6 is 0 Å². The molecule has 11 aromatic rings. The topological polar surface area (TPSA) is 3.24 Å². The van der Waals surface area contributed by atoms with E-state index < -0.39 is 0 Å². The third-order valence-electron chi connectivity index (χ3n) is 12.1. The van der Waals surface area contributed by atoms with E-state index in [0.29, 0.717) is 0 Å². The molecule has 0 amide bonds. The molecule has 0 unspecified atom stereocenters. The number of rotatable bonds is 8. The highest BCUT2D eigenvalue weighted by atomic mass is 15.1. The van der Waals surface area contributed by atoms with Gasteiger partial charge in [0, 0.05) is 16.8 Å². The van der Waals surface area contributed by atoms with E-state index in [2.05, 4.69) is 254 Å². The van der Waals surface area contributed by atoms with Crippen LogP contribution in [0.25, 0.3) is 88.0 Å². The van der Waals surface area contributed by atoms with Gasteiger partial charge in [-0.25, -0.2) is 0 Å². The van der Waals surface area contributed by atoms with Crippen molar-refractivity contribution in [3.63, 3.8) is 0 Å². The van der Waals surface area contributed by atoms with Gasteiger partial charge in [0.25, 0.3) is 0 Å². The zero-order chi connectivity index (χ0) is 40.5. The third kappa shape index (κ3) is 6.73. The van der Waals surface area contributed by atoms with Gasteiger partial charge in [-0.3, -0.25) is 0 Å². The second-order valence-electron chi connectivity index (χ2n) is 15.7. The number of nitrogens with zero attached hydrogens (tertiary/aromatic N) is 1. The Balaban J connectivity index is 1.05. The number of fused-ring (bicyclic) bond motifs is 3. The van der Waals surface area contributed by atoms with E-state index in [1.807, 2.05) is 0 Å². The molecule has 0 aliphatic carbocycles. The molecule has 1 heteroatoms. The predicted octanol–water partition coefficient (Wildman–Crippen LogP) is 17.0. The smallest absolute Gasteiger partial charge is 0.0540 e. The van der Waals surface area contributed by atoms with E-state index in [0.717, 1.165) is 17.1 Å². The van der Waals surface area contributed by atoms with Gasteiger partial charge in [0.05, 0.1) is 5.69 Å². The first-order valence-corrected chi connectivity index (χ1v) is 21.0. The van der Waals surface area contributed by atoms with Crippen molar-refractivity contribution in [1.29, 1.82) is 0 Å². The molecule has 0 saturated heterocycles. The lowest BCUT2D eigenvalue weighted by Crippen LogP contribution is -2.10. The molecular weight excluding hydrogens is 735 g/mol. The Morgan fingerprint density at radius 2 is 0.672 bits per heavy atom. The van der Waals surface area contributed by atoms with Crippen LogP contribution in [0.15, 0.2) is 249 Å². The molecule has 0 aromatic heterocycles. The van der Waals surface area contributed by atoms with E-state index in [1.165, 1.54) is 88.0 Å². The molecule has 0 spiro atoms. The number of hydrogen-bond acceptors (Lipinski definition) is 1. The highest BCUT2D eigenvalue weighted by Gasteiger charge is 2.19. The molecule has 0 aliphatic rings. The minimum absolute atomic E-state index is 1.09. The van der Waals surface area contributed by atoms with Crippen molar-refractivity contribution >= 4 is 49.4 Å². The van der Waals surface area contributed by atoms with Crippen LogP contribution in [-0.4, -0.2) is 0 Å². The van der Waals surface area contributed by atoms with E-state index in [-0.39, 0.29) is 0 Å². The molecule has 1 nitrogen and oxygen atoms in total. The van der Waals surface area contributed by atoms with Crippen molar-refractivity contribution in [3.05, 3.63) is 249 Å². The first-order valence-electron chi connectivity index (χ1n) is 21.0. The summed E-state index contributed by atoms with van der Waals surface area (Å²) in [6.07, 6.45) is 0. The summed E-state index contributed by atoms with van der Waals surface area (Å²) in [6.45, 7) is 0. The van der Waals surface area contributed by atoms with Crippen molar-refractivity contribution in [2.24, 2.45) is 0 Å². The number of anilines is 3. The molecule has 11 rings (SSSR count). The first-order chi connectivity index (χ1) is 30.3. The van der Waals surface area contributed by atoms with Gasteiger partial charge in [-0.1, -0.05) is 212 Å². The lowest BCUT2D eigenvalue weighted by Gasteiger charge is -2.28. The Kier molecular flexibility index (Phi) is 9.26. The van der Waals surface area contributed by atoms with Crippen molar-refractivity contribution in [2.45, 2.75) is 0 Å². The Morgan fingerprint density at radius 1 is 0.230 bits per heavy atom. The Hall–Kier alpha value is -8.00. The minimum Gasteiger partial charge on any atom is -0.310 e. The Morgan fingerprint density at radius 3 is 1.36 bits per heavy atom. The van der Waals surface area contributed by atoms with E-state index in [9.17, 15) is 0 Å². The zero-order valence-electron chi connectivity index (χ0n) is 33.6. The van der Waals surface area contributed by atoms with Gasteiger partial charge in [-0.15, -0.1) is 0 Å². The third-order valence-corrected chi connectivity index (χ3v) is 12.1. The fourth-order valence-corrected chi connectivity index (χ4v) is 9.14. The fraction of sp³-hybridized carbons (Fsp3) is 0. The lowest BCUT2D eigenvalue weighted by atomic mass is 9.90. The number of hydrogen-bond donors (Lipinski definition) is 0. The highest BCUT2D eigenvalue weighted by molar-refractivity contribution is 6.11. The largest absolute Gasteiger partial charge is 0.310 e. The van der Waals surface area contributed by atoms with Crippen LogP contribution in [0.4, 0.5) is 17.1 Å². The van der Waals surface area contributed by atoms with Gasteiger partial charge in [0.2, 0.25) is 0 Å². The van der Waals surface area contributed by atoms with Crippen LogP contribution in [0.2, 0.25) is 0 Å². The van der Waals surface area contributed by atoms with Gasteiger partial charge in [0.1, 0.15) is 0 Å². The molecule has 0 atom stereocenters. The van der Waals surface area contributed by atoms with Crippen molar-refractivity contribution < 1.29 is 0 Å². The molecule has 0 saturated carbocycles. The summed E-state index contributed by atoms with van der Waals surface area (Å²) in [4.78, 5) is 2.41. The van der Waals surface area contributed by atoms with Gasteiger partial charge in [0.15, 0.2) is 0 Å². The molecule has 0 radical (unpaired) electrons. The molecule has 0 heterocycles. The van der Waals surface area contributed by atoms with E-state index in [4.69, 9.17) is 0 Å². The van der Waals surface area contributed by atoms with Gasteiger partial charge in [-0.05, 0) is 119 Å². The quantitative estimate of drug-likeness (QED) is 0.149. The lowest BCUT2D eigenvalue weighted by molar-refractivity contribution is 1.30. The maximum absolute atomic E-state index is 2.41. The summed E-state index contributed by atoms with van der Waals surface area (Å²) >= 11 is 0. The summed E-state index contributed by atoms with van der Waals surface area (Å²) in [5.74, 6) is 0. The summed E-state index contributed by atoms with van der Waals surface area (Å²) in [7, 11) is 0. The normalized spacial score (nSPS) is 11.3. The SMILES string of the molecule is c1ccc(-c2ccc(N(c3ccc(-c4cccc5cccc(-c6cccc(-c7ccccc7)c6)c45)cc3)c3ccc(-c4cccc5ccccc45)c4ccccc34)cc2)cc1. The first kappa shape index (κ1) is 36.1. The van der Waals surface area contributed by atoms with E-state index in [1.54, 1.807) is 0 Å². The van der Waals surface area contributed by atoms with Crippen LogP contribution in [0.3, 0.4) is 0 Å². The minimum atomic E-state index is 1.09. The van der Waals surface area contributed by atoms with Gasteiger partial charge >= 0.3 is 0 Å². The molecular formula is C60H41N. The van der Waals surface area contributed by atoms with Crippen molar-refractivity contribution in [2.75, 3.05) is 4.90 Å². The molecule has 61 heavy (non-hydrogen) atoms. The van der Waals surface area contributed by atoms with Crippen molar-refractivity contribution in [1.82, 2.24) is 0 Å². The summed E-state index contributed by atoms with van der Waals surface area (Å²) < 4.78 is 0. The average Bonchev–Trinajstić information content (AvgIpc) is 3.34. The number of benzene rings is 11. The second kappa shape index (κ2) is 15.6. The summed E-state index contributed by atoms with van der Waals surface area (Å²) in [5.41, 5.74) is 15.5. The van der Waals surface area contributed by atoms with Gasteiger partial charge in [-0.2, -0.15) is 0 Å². The molecule has 11 aromatic carbocycles. The Bertz CT molecular complexity index is 3320. The summed E-state index contributed by atoms with van der Waals surface area (Å²) in [6, 6.07) is 90.4. The summed E-state index contributed by atoms with van der Waals surface area (Å²) in [5, 5.41) is 7.40. The van der Waals surface area contributed by atoms with Crippen LogP contribution in [0.5, 0.6) is 0 Å². The van der Waals surface area contributed by atoms with Crippen LogP contribution in [0.1, 0.15) is 0 Å². The fourth-order valence-electron chi connectivity index (χ4n) is 9.14. The molecule has 0 fully saturated rings. The predicted molar refractivity (Wildman–Crippen MR) is 261 cm³/mol. The molecule has 286 valence electrons. The molecule has 0 aliphatic heterocycles. The average molecular weight is 776 g/mol. The molecule has 0 bridgehead atoms.